The summed E-state index contributed by atoms with van der Waals surface area (Å²) < 4.78 is 0.969. The molecular formula is C18H22BrN3O. The number of amides is 1. The van der Waals surface area contributed by atoms with Crippen molar-refractivity contribution >= 4 is 33.2 Å². The molecule has 1 N–H and O–H groups in total. The Hall–Kier alpha value is -1.88. The number of unbranched alkanes of at least 4 members (excludes halogenated alkanes) is 1. The van der Waals surface area contributed by atoms with Crippen LogP contribution in [0.5, 0.6) is 0 Å². The molecule has 0 aliphatic rings. The number of halogens is 1. The highest BCUT2D eigenvalue weighted by Gasteiger charge is 2.09. The van der Waals surface area contributed by atoms with E-state index in [1.165, 1.54) is 0 Å². The summed E-state index contributed by atoms with van der Waals surface area (Å²) >= 11 is 3.47. The molecule has 1 aromatic heterocycles. The topological polar surface area (TPSA) is 45.2 Å². The highest BCUT2D eigenvalue weighted by molar-refractivity contribution is 9.10. The molecule has 5 heteroatoms. The minimum Gasteiger partial charge on any atom is -0.373 e. The summed E-state index contributed by atoms with van der Waals surface area (Å²) in [5.74, 6) is -0.205. The highest BCUT2D eigenvalue weighted by Crippen LogP contribution is 2.21. The molecule has 0 aliphatic carbocycles. The van der Waals surface area contributed by atoms with Crippen LogP contribution < -0.4 is 10.2 Å². The predicted molar refractivity (Wildman–Crippen MR) is 99.2 cm³/mol. The van der Waals surface area contributed by atoms with E-state index >= 15 is 0 Å². The largest absolute Gasteiger partial charge is 0.373 e. The summed E-state index contributed by atoms with van der Waals surface area (Å²) in [6.45, 7) is 5.16. The lowest BCUT2D eigenvalue weighted by Crippen LogP contribution is -2.19. The summed E-state index contributed by atoms with van der Waals surface area (Å²) in [4.78, 5) is 18.7. The average molecular weight is 376 g/mol. The van der Waals surface area contributed by atoms with Gasteiger partial charge in [0, 0.05) is 23.8 Å². The van der Waals surface area contributed by atoms with Gasteiger partial charge in [0.05, 0.1) is 11.9 Å². The molecule has 0 saturated carbocycles. The summed E-state index contributed by atoms with van der Waals surface area (Å²) in [6.07, 6.45) is 4.04. The molecule has 0 radical (unpaired) electrons. The van der Waals surface area contributed by atoms with Gasteiger partial charge in [-0.25, -0.2) is 4.98 Å². The Morgan fingerprint density at radius 1 is 1.30 bits per heavy atom. The normalized spacial score (nSPS) is 10.4. The molecule has 1 amide bonds. The van der Waals surface area contributed by atoms with E-state index in [1.807, 2.05) is 38.2 Å². The van der Waals surface area contributed by atoms with Crippen molar-refractivity contribution in [3.05, 3.63) is 52.3 Å². The van der Waals surface area contributed by atoms with Gasteiger partial charge < -0.3 is 10.2 Å². The van der Waals surface area contributed by atoms with Gasteiger partial charge in [0.25, 0.3) is 5.91 Å². The van der Waals surface area contributed by atoms with E-state index < -0.39 is 0 Å². The summed E-state index contributed by atoms with van der Waals surface area (Å²) in [5.41, 5.74) is 3.31. The molecule has 0 unspecified atom stereocenters. The number of anilines is 2. The van der Waals surface area contributed by atoms with Crippen LogP contribution in [0.25, 0.3) is 0 Å². The Morgan fingerprint density at radius 3 is 2.70 bits per heavy atom. The maximum Gasteiger partial charge on any atom is 0.274 e. The molecule has 122 valence electrons. The zero-order valence-corrected chi connectivity index (χ0v) is 15.4. The predicted octanol–water partition coefficient (Wildman–Crippen LogP) is 4.64. The Labute approximate surface area is 146 Å². The first-order valence-electron chi connectivity index (χ1n) is 7.76. The molecule has 2 aromatic rings. The molecule has 0 saturated heterocycles. The molecule has 4 nitrogen and oxygen atoms in total. The van der Waals surface area contributed by atoms with E-state index in [0.717, 1.165) is 40.8 Å². The Morgan fingerprint density at radius 2 is 2.09 bits per heavy atom. The standard InChI is InChI=1S/C18H22BrN3O/c1-4-5-10-22(3)15-8-9-17(20-12-15)18(23)21-14-7-6-13(2)16(19)11-14/h6-9,11-12H,4-5,10H2,1-3H3,(H,21,23). The number of aryl methyl sites for hydroxylation is 1. The summed E-state index contributed by atoms with van der Waals surface area (Å²) in [5, 5.41) is 2.86. The molecule has 1 heterocycles. The first-order valence-corrected chi connectivity index (χ1v) is 8.55. The van der Waals surface area contributed by atoms with Gasteiger partial charge in [-0.05, 0) is 43.2 Å². The van der Waals surface area contributed by atoms with Crippen LogP contribution in [0.3, 0.4) is 0 Å². The van der Waals surface area contributed by atoms with E-state index in [9.17, 15) is 4.79 Å². The van der Waals surface area contributed by atoms with Gasteiger partial charge >= 0.3 is 0 Å². The van der Waals surface area contributed by atoms with Crippen LogP contribution in [0.1, 0.15) is 35.8 Å². The van der Waals surface area contributed by atoms with Crippen molar-refractivity contribution in [2.45, 2.75) is 26.7 Å². The zero-order valence-electron chi connectivity index (χ0n) is 13.8. The number of carbonyl (C=O) groups excluding carboxylic acids is 1. The molecule has 23 heavy (non-hydrogen) atoms. The van der Waals surface area contributed by atoms with Gasteiger partial charge in [-0.3, -0.25) is 4.79 Å². The third kappa shape index (κ3) is 4.79. The van der Waals surface area contributed by atoms with Crippen LogP contribution in [0.4, 0.5) is 11.4 Å². The van der Waals surface area contributed by atoms with E-state index in [2.05, 4.69) is 38.1 Å². The first-order chi connectivity index (χ1) is 11.0. The lowest BCUT2D eigenvalue weighted by Gasteiger charge is -2.18. The molecule has 0 atom stereocenters. The highest BCUT2D eigenvalue weighted by atomic mass is 79.9. The van der Waals surface area contributed by atoms with E-state index in [1.54, 1.807) is 12.3 Å². The molecule has 1 aromatic carbocycles. The number of aromatic nitrogens is 1. The first kappa shape index (κ1) is 17.5. The number of carbonyl (C=O) groups is 1. The SMILES string of the molecule is CCCCN(C)c1ccc(C(=O)Nc2ccc(C)c(Br)c2)nc1. The summed E-state index contributed by atoms with van der Waals surface area (Å²) in [7, 11) is 2.04. The fourth-order valence-corrected chi connectivity index (χ4v) is 2.52. The number of hydrogen-bond acceptors (Lipinski definition) is 3. The Bertz CT molecular complexity index is 670. The molecule has 0 spiro atoms. The number of nitrogens with zero attached hydrogens (tertiary/aromatic N) is 2. The van der Waals surface area contributed by atoms with Gasteiger partial charge in [-0.15, -0.1) is 0 Å². The lowest BCUT2D eigenvalue weighted by molar-refractivity contribution is 0.102. The van der Waals surface area contributed by atoms with E-state index in [0.29, 0.717) is 5.69 Å². The van der Waals surface area contributed by atoms with Crippen LogP contribution in [-0.2, 0) is 0 Å². The van der Waals surface area contributed by atoms with E-state index in [-0.39, 0.29) is 5.91 Å². The second-order valence-electron chi connectivity index (χ2n) is 5.59. The van der Waals surface area contributed by atoms with Gasteiger partial charge in [0.15, 0.2) is 0 Å². The molecule has 0 bridgehead atoms. The smallest absolute Gasteiger partial charge is 0.274 e. The van der Waals surface area contributed by atoms with E-state index in [4.69, 9.17) is 0 Å². The molecule has 0 fully saturated rings. The van der Waals surface area contributed by atoms with Crippen molar-refractivity contribution in [1.82, 2.24) is 4.98 Å². The molecular weight excluding hydrogens is 354 g/mol. The lowest BCUT2D eigenvalue weighted by atomic mass is 10.2. The maximum absolute atomic E-state index is 12.3. The van der Waals surface area contributed by atoms with Crippen molar-refractivity contribution in [2.75, 3.05) is 23.8 Å². The van der Waals surface area contributed by atoms with Crippen LogP contribution in [0.2, 0.25) is 0 Å². The van der Waals surface area contributed by atoms with Crippen LogP contribution in [0.15, 0.2) is 41.0 Å². The fourth-order valence-electron chi connectivity index (χ4n) is 2.14. The number of pyridine rings is 1. The monoisotopic (exact) mass is 375 g/mol. The number of nitrogens with one attached hydrogen (secondary N) is 1. The van der Waals surface area contributed by atoms with Gasteiger partial charge in [-0.1, -0.05) is 35.3 Å². The minimum absolute atomic E-state index is 0.205. The second kappa shape index (κ2) is 8.11. The minimum atomic E-state index is -0.205. The third-order valence-electron chi connectivity index (χ3n) is 3.70. The zero-order chi connectivity index (χ0) is 16.8. The third-order valence-corrected chi connectivity index (χ3v) is 4.55. The van der Waals surface area contributed by atoms with Crippen molar-refractivity contribution < 1.29 is 4.79 Å². The second-order valence-corrected chi connectivity index (χ2v) is 6.45. The van der Waals surface area contributed by atoms with Crippen molar-refractivity contribution in [2.24, 2.45) is 0 Å². The van der Waals surface area contributed by atoms with Crippen LogP contribution in [0, 0.1) is 6.92 Å². The van der Waals surface area contributed by atoms with Crippen molar-refractivity contribution in [3.8, 4) is 0 Å². The van der Waals surface area contributed by atoms with Crippen molar-refractivity contribution in [3.63, 3.8) is 0 Å². The summed E-state index contributed by atoms with van der Waals surface area (Å²) in [6, 6.07) is 9.42. The number of benzene rings is 1. The van der Waals surface area contributed by atoms with Gasteiger partial charge in [0.1, 0.15) is 5.69 Å². The Kier molecular flexibility index (Phi) is 6.16. The van der Waals surface area contributed by atoms with Gasteiger partial charge in [-0.2, -0.15) is 0 Å². The maximum atomic E-state index is 12.3. The fraction of sp³-hybridized carbons (Fsp3) is 0.333. The van der Waals surface area contributed by atoms with Crippen molar-refractivity contribution in [1.29, 1.82) is 0 Å². The van der Waals surface area contributed by atoms with Crippen LogP contribution in [-0.4, -0.2) is 24.5 Å². The van der Waals surface area contributed by atoms with Crippen LogP contribution >= 0.6 is 15.9 Å². The quantitative estimate of drug-likeness (QED) is 0.799. The Balaban J connectivity index is 2.03. The number of hydrogen-bond donors (Lipinski definition) is 1. The average Bonchev–Trinajstić information content (AvgIpc) is 2.56. The molecule has 0 aliphatic heterocycles. The number of rotatable bonds is 6. The van der Waals surface area contributed by atoms with Gasteiger partial charge in [0.2, 0.25) is 0 Å². The molecule has 2 rings (SSSR count).